The lowest BCUT2D eigenvalue weighted by molar-refractivity contribution is 0.307. The minimum atomic E-state index is 0.771. The number of ether oxygens (including phenoxy) is 1. The maximum absolute atomic E-state index is 5.90. The number of hydrogen-bond donors (Lipinski definition) is 0. The van der Waals surface area contributed by atoms with Crippen LogP contribution in [0.25, 0.3) is 11.4 Å². The second-order valence-corrected chi connectivity index (χ2v) is 8.77. The third-order valence-electron chi connectivity index (χ3n) is 5.81. The number of nitrogens with zero attached hydrogens (tertiary/aromatic N) is 2. The first-order valence-corrected chi connectivity index (χ1v) is 13.0. The van der Waals surface area contributed by atoms with Crippen LogP contribution in [0, 0.1) is 0 Å². The number of hydrogen-bond acceptors (Lipinski definition) is 3. The highest BCUT2D eigenvalue weighted by Gasteiger charge is 2.03. The largest absolute Gasteiger partial charge is 0.494 e. The van der Waals surface area contributed by atoms with Crippen LogP contribution in [-0.4, -0.2) is 16.6 Å². The number of aromatic nitrogens is 2. The molecule has 2 rings (SSSR count). The summed E-state index contributed by atoms with van der Waals surface area (Å²) in [6, 6.07) is 8.15. The molecule has 0 radical (unpaired) electrons. The molecule has 0 unspecified atom stereocenters. The van der Waals surface area contributed by atoms with Gasteiger partial charge in [0.2, 0.25) is 0 Å². The topological polar surface area (TPSA) is 35.0 Å². The fourth-order valence-corrected chi connectivity index (χ4v) is 3.74. The summed E-state index contributed by atoms with van der Waals surface area (Å²) < 4.78 is 5.90. The zero-order valence-electron chi connectivity index (χ0n) is 20.5. The van der Waals surface area contributed by atoms with E-state index in [9.17, 15) is 0 Å². The lowest BCUT2D eigenvalue weighted by Crippen LogP contribution is -1.97. The Morgan fingerprint density at radius 2 is 1.28 bits per heavy atom. The van der Waals surface area contributed by atoms with E-state index in [-0.39, 0.29) is 0 Å². The molecule has 0 aliphatic carbocycles. The van der Waals surface area contributed by atoms with Crippen molar-refractivity contribution in [2.24, 2.45) is 0 Å². The SMILES string of the molecule is CCCCCC/C=C\CCCCOc1ccc(-c2ncc(CCCCCCC)cn2)cc1. The summed E-state index contributed by atoms with van der Waals surface area (Å²) in [6.07, 6.45) is 26.2. The van der Waals surface area contributed by atoms with E-state index in [2.05, 4.69) is 48.1 Å². The van der Waals surface area contributed by atoms with E-state index in [0.29, 0.717) is 0 Å². The van der Waals surface area contributed by atoms with Crippen LogP contribution in [0.4, 0.5) is 0 Å². The predicted molar refractivity (Wildman–Crippen MR) is 137 cm³/mol. The second kappa shape index (κ2) is 17.4. The molecule has 3 heteroatoms. The fraction of sp³-hybridized carbons (Fsp3) is 0.586. The third kappa shape index (κ3) is 11.5. The van der Waals surface area contributed by atoms with E-state index in [1.807, 2.05) is 24.5 Å². The summed E-state index contributed by atoms with van der Waals surface area (Å²) in [5.74, 6) is 1.71. The Balaban J connectivity index is 1.61. The van der Waals surface area contributed by atoms with Crippen LogP contribution in [0.5, 0.6) is 5.75 Å². The molecule has 0 amide bonds. The normalized spacial score (nSPS) is 11.3. The molecule has 0 spiro atoms. The number of rotatable bonds is 18. The van der Waals surface area contributed by atoms with E-state index in [4.69, 9.17) is 4.74 Å². The van der Waals surface area contributed by atoms with Gasteiger partial charge in [-0.05, 0) is 74.8 Å². The highest BCUT2D eigenvalue weighted by Crippen LogP contribution is 2.20. The first-order chi connectivity index (χ1) is 15.8. The summed E-state index contributed by atoms with van der Waals surface area (Å²) in [7, 11) is 0. The predicted octanol–water partition coefficient (Wildman–Crippen LogP) is 8.73. The van der Waals surface area contributed by atoms with Gasteiger partial charge in [0, 0.05) is 18.0 Å². The Morgan fingerprint density at radius 3 is 1.94 bits per heavy atom. The molecule has 3 nitrogen and oxygen atoms in total. The van der Waals surface area contributed by atoms with Crippen molar-refractivity contribution in [1.29, 1.82) is 0 Å². The summed E-state index contributed by atoms with van der Waals surface area (Å²) in [4.78, 5) is 9.13. The molecule has 0 atom stereocenters. The van der Waals surface area contributed by atoms with Crippen molar-refractivity contribution < 1.29 is 4.74 Å². The van der Waals surface area contributed by atoms with Crippen molar-refractivity contribution in [3.63, 3.8) is 0 Å². The van der Waals surface area contributed by atoms with E-state index in [1.54, 1.807) is 0 Å². The van der Waals surface area contributed by atoms with Crippen LogP contribution in [0.3, 0.4) is 0 Å². The minimum absolute atomic E-state index is 0.771. The van der Waals surface area contributed by atoms with Crippen molar-refractivity contribution in [2.45, 2.75) is 104 Å². The van der Waals surface area contributed by atoms with Crippen LogP contribution in [0.2, 0.25) is 0 Å². The van der Waals surface area contributed by atoms with Gasteiger partial charge in [-0.15, -0.1) is 0 Å². The molecule has 0 saturated carbocycles. The number of aryl methyl sites for hydroxylation is 1. The third-order valence-corrected chi connectivity index (χ3v) is 5.81. The maximum Gasteiger partial charge on any atom is 0.159 e. The average Bonchev–Trinajstić information content (AvgIpc) is 2.83. The smallest absolute Gasteiger partial charge is 0.159 e. The average molecular weight is 437 g/mol. The second-order valence-electron chi connectivity index (χ2n) is 8.77. The first kappa shape index (κ1) is 26.1. The molecule has 0 N–H and O–H groups in total. The Bertz CT molecular complexity index is 722. The van der Waals surface area contributed by atoms with Gasteiger partial charge in [-0.2, -0.15) is 0 Å². The Labute approximate surface area is 196 Å². The molecule has 0 bridgehead atoms. The van der Waals surface area contributed by atoms with Gasteiger partial charge in [0.15, 0.2) is 5.82 Å². The van der Waals surface area contributed by atoms with E-state index >= 15 is 0 Å². The van der Waals surface area contributed by atoms with E-state index in [1.165, 1.54) is 76.2 Å². The van der Waals surface area contributed by atoms with Crippen molar-refractivity contribution in [2.75, 3.05) is 6.61 Å². The first-order valence-electron chi connectivity index (χ1n) is 13.0. The highest BCUT2D eigenvalue weighted by molar-refractivity contribution is 5.55. The molecule has 1 aromatic carbocycles. The lowest BCUT2D eigenvalue weighted by atomic mass is 10.1. The molecule has 176 valence electrons. The molecule has 0 fully saturated rings. The Kier molecular flexibility index (Phi) is 14.2. The summed E-state index contributed by atoms with van der Waals surface area (Å²) in [5, 5.41) is 0. The van der Waals surface area contributed by atoms with Crippen LogP contribution in [0.1, 0.15) is 103 Å². The molecule has 32 heavy (non-hydrogen) atoms. The van der Waals surface area contributed by atoms with Gasteiger partial charge in [0.1, 0.15) is 5.75 Å². The van der Waals surface area contributed by atoms with Crippen molar-refractivity contribution in [1.82, 2.24) is 9.97 Å². The highest BCUT2D eigenvalue weighted by atomic mass is 16.5. The number of allylic oxidation sites excluding steroid dienone is 2. The van der Waals surface area contributed by atoms with Crippen LogP contribution in [-0.2, 0) is 6.42 Å². The molecule has 2 aromatic rings. The summed E-state index contributed by atoms with van der Waals surface area (Å²) in [5.41, 5.74) is 2.27. The van der Waals surface area contributed by atoms with Crippen molar-refractivity contribution in [3.8, 4) is 17.1 Å². The molecule has 0 saturated heterocycles. The number of benzene rings is 1. The Hall–Kier alpha value is -2.16. The summed E-state index contributed by atoms with van der Waals surface area (Å²) >= 11 is 0. The molecule has 0 aliphatic heterocycles. The van der Waals surface area contributed by atoms with Gasteiger partial charge in [-0.25, -0.2) is 9.97 Å². The molecular formula is C29H44N2O. The molecule has 1 aromatic heterocycles. The van der Waals surface area contributed by atoms with Crippen LogP contribution < -0.4 is 4.74 Å². The lowest BCUT2D eigenvalue weighted by Gasteiger charge is -2.07. The minimum Gasteiger partial charge on any atom is -0.494 e. The van der Waals surface area contributed by atoms with Crippen molar-refractivity contribution >= 4 is 0 Å². The monoisotopic (exact) mass is 436 g/mol. The van der Waals surface area contributed by atoms with Gasteiger partial charge in [0.05, 0.1) is 6.61 Å². The van der Waals surface area contributed by atoms with Gasteiger partial charge in [0.25, 0.3) is 0 Å². The van der Waals surface area contributed by atoms with Crippen LogP contribution >= 0.6 is 0 Å². The zero-order chi connectivity index (χ0) is 22.7. The van der Waals surface area contributed by atoms with E-state index in [0.717, 1.165) is 43.0 Å². The Morgan fingerprint density at radius 1 is 0.688 bits per heavy atom. The van der Waals surface area contributed by atoms with Crippen LogP contribution in [0.15, 0.2) is 48.8 Å². The van der Waals surface area contributed by atoms with Gasteiger partial charge >= 0.3 is 0 Å². The summed E-state index contributed by atoms with van der Waals surface area (Å²) in [6.45, 7) is 5.28. The number of unbranched alkanes of at least 4 members (excludes halogenated alkanes) is 10. The van der Waals surface area contributed by atoms with E-state index < -0.39 is 0 Å². The maximum atomic E-state index is 5.90. The zero-order valence-corrected chi connectivity index (χ0v) is 20.5. The molecule has 0 aliphatic rings. The molecular weight excluding hydrogens is 392 g/mol. The molecule has 1 heterocycles. The standard InChI is InChI=1S/C29H44N2O/c1-3-5-7-9-10-11-12-13-15-17-23-32-28-21-19-27(20-22-28)29-30-24-26(25-31-29)18-16-14-8-6-4-2/h11-12,19-22,24-25H,3-10,13-18,23H2,1-2H3/b12-11-. The fourth-order valence-electron chi connectivity index (χ4n) is 3.74. The van der Waals surface area contributed by atoms with Crippen molar-refractivity contribution in [3.05, 3.63) is 54.4 Å². The van der Waals surface area contributed by atoms with Gasteiger partial charge in [-0.3, -0.25) is 0 Å². The van der Waals surface area contributed by atoms with Gasteiger partial charge < -0.3 is 4.74 Å². The quantitative estimate of drug-likeness (QED) is 0.173. The van der Waals surface area contributed by atoms with Gasteiger partial charge in [-0.1, -0.05) is 70.9 Å².